The van der Waals surface area contributed by atoms with Gasteiger partial charge in [-0.1, -0.05) is 47.5 Å². The van der Waals surface area contributed by atoms with E-state index in [0.717, 1.165) is 32.6 Å². The maximum atomic E-state index is 10.4. The fourth-order valence-corrected chi connectivity index (χ4v) is 5.61. The van der Waals surface area contributed by atoms with E-state index in [0.29, 0.717) is 11.5 Å². The number of nitrogens with zero attached hydrogens (tertiary/aromatic N) is 2. The summed E-state index contributed by atoms with van der Waals surface area (Å²) in [6.45, 7) is 0. The van der Waals surface area contributed by atoms with Crippen LogP contribution in [0.25, 0.3) is 24.3 Å². The molecule has 0 fully saturated rings. The van der Waals surface area contributed by atoms with Gasteiger partial charge in [0.1, 0.15) is 45.8 Å². The van der Waals surface area contributed by atoms with Crippen LogP contribution in [0.15, 0.2) is 156 Å². The predicted octanol–water partition coefficient (Wildman–Crippen LogP) is 7.87. The smallest absolute Gasteiger partial charge is 0.204 e. The average Bonchev–Trinajstić information content (AvgIpc) is 3.19. The lowest BCUT2D eigenvalue weighted by atomic mass is 10.2. The Morgan fingerprint density at radius 2 is 0.804 bits per heavy atom. The first kappa shape index (κ1) is 45.1. The van der Waals surface area contributed by atoms with E-state index in [9.17, 15) is 25.9 Å². The van der Waals surface area contributed by atoms with Gasteiger partial charge >= 0.3 is 0 Å². The quantitative estimate of drug-likeness (QED) is 0.112. The van der Waals surface area contributed by atoms with Crippen LogP contribution in [0.4, 0.5) is 0 Å². The van der Waals surface area contributed by atoms with Crippen LogP contribution in [0.3, 0.4) is 0 Å². The molecule has 0 N–H and O–H groups in total. The number of methoxy groups -OCH3 is 2. The zero-order valence-corrected chi connectivity index (χ0v) is 34.0. The second-order valence-electron chi connectivity index (χ2n) is 11.5. The standard InChI is InChI=1S/2C14H13ClN.2C7H8O4S/c2*1-16-11-3-2-4-14(16)10-7-12-5-8-13(15)9-6-12;2*1-11-6-2-4-7(5-3-6)12(8,9)10/h2*2-11H,1H3;2*2-5H,1H3,(H,8,9,10)/q2*+1;;/p-2/b2*10-7+;;. The summed E-state index contributed by atoms with van der Waals surface area (Å²) in [5.74, 6) is 1.03. The van der Waals surface area contributed by atoms with Crippen molar-refractivity contribution in [3.8, 4) is 11.5 Å². The van der Waals surface area contributed by atoms with E-state index in [2.05, 4.69) is 45.6 Å². The summed E-state index contributed by atoms with van der Waals surface area (Å²) in [6, 6.07) is 38.3. The number of hydrogen-bond donors (Lipinski definition) is 0. The summed E-state index contributed by atoms with van der Waals surface area (Å²) >= 11 is 11.7. The molecule has 4 aromatic carbocycles. The van der Waals surface area contributed by atoms with Crippen molar-refractivity contribution in [2.75, 3.05) is 14.2 Å². The Kier molecular flexibility index (Phi) is 17.9. The van der Waals surface area contributed by atoms with Crippen molar-refractivity contribution in [3.05, 3.63) is 178 Å². The number of hydrogen-bond acceptors (Lipinski definition) is 8. The minimum absolute atomic E-state index is 0.247. The van der Waals surface area contributed by atoms with Crippen molar-refractivity contribution >= 4 is 67.7 Å². The van der Waals surface area contributed by atoms with Crippen molar-refractivity contribution in [1.29, 1.82) is 0 Å². The molecule has 56 heavy (non-hydrogen) atoms. The largest absolute Gasteiger partial charge is 0.744 e. The van der Waals surface area contributed by atoms with Gasteiger partial charge in [0.2, 0.25) is 11.4 Å². The topological polar surface area (TPSA) is 141 Å². The van der Waals surface area contributed by atoms with Gasteiger partial charge in [0.05, 0.1) is 24.0 Å². The fourth-order valence-electron chi connectivity index (χ4n) is 4.42. The van der Waals surface area contributed by atoms with E-state index in [4.69, 9.17) is 32.7 Å². The number of rotatable bonds is 8. The van der Waals surface area contributed by atoms with E-state index >= 15 is 0 Å². The Morgan fingerprint density at radius 1 is 0.482 bits per heavy atom. The number of halogens is 2. The first-order valence-corrected chi connectivity index (χ1v) is 20.1. The average molecular weight is 836 g/mol. The number of aromatic nitrogens is 2. The Hall–Kier alpha value is -5.34. The van der Waals surface area contributed by atoms with E-state index in [-0.39, 0.29) is 9.79 Å². The van der Waals surface area contributed by atoms with Crippen LogP contribution < -0.4 is 18.6 Å². The van der Waals surface area contributed by atoms with Gasteiger partial charge in [0.25, 0.3) is 0 Å². The summed E-state index contributed by atoms with van der Waals surface area (Å²) in [7, 11) is -1.69. The van der Waals surface area contributed by atoms with Gasteiger partial charge < -0.3 is 18.6 Å². The highest BCUT2D eigenvalue weighted by Crippen LogP contribution is 2.16. The molecule has 0 amide bonds. The van der Waals surface area contributed by atoms with Crippen LogP contribution in [0, 0.1) is 0 Å². The molecule has 0 aliphatic heterocycles. The zero-order valence-electron chi connectivity index (χ0n) is 30.9. The highest BCUT2D eigenvalue weighted by atomic mass is 35.5. The molecule has 0 aliphatic rings. The highest BCUT2D eigenvalue weighted by molar-refractivity contribution is 7.86. The highest BCUT2D eigenvalue weighted by Gasteiger charge is 2.02. The SMILES string of the molecule is COc1ccc(S(=O)(=O)[O-])cc1.COc1ccc(S(=O)(=O)[O-])cc1.C[n+]1ccccc1/C=C/c1ccc(Cl)cc1.C[n+]1ccccc1/C=C/c1ccc(Cl)cc1. The second-order valence-corrected chi connectivity index (χ2v) is 15.1. The first-order valence-electron chi connectivity index (χ1n) is 16.6. The third-order valence-corrected chi connectivity index (χ3v) is 9.72. The number of benzene rings is 4. The third-order valence-electron chi connectivity index (χ3n) is 7.52. The van der Waals surface area contributed by atoms with Gasteiger partial charge in [0.15, 0.2) is 12.4 Å². The minimum Gasteiger partial charge on any atom is -0.744 e. The van der Waals surface area contributed by atoms with Gasteiger partial charge in [-0.3, -0.25) is 0 Å². The van der Waals surface area contributed by atoms with Gasteiger partial charge in [0, 0.05) is 46.5 Å². The van der Waals surface area contributed by atoms with Crippen molar-refractivity contribution < 1.29 is 44.5 Å². The van der Waals surface area contributed by atoms with Crippen molar-refractivity contribution in [2.24, 2.45) is 14.1 Å². The molecule has 2 heterocycles. The zero-order chi connectivity index (χ0) is 41.1. The summed E-state index contributed by atoms with van der Waals surface area (Å²) in [6.07, 6.45) is 12.4. The molecule has 0 saturated heterocycles. The molecule has 6 aromatic rings. The molecule has 2 aromatic heterocycles. The van der Waals surface area contributed by atoms with Crippen molar-refractivity contribution in [2.45, 2.75) is 9.79 Å². The van der Waals surface area contributed by atoms with Crippen LogP contribution in [0.2, 0.25) is 10.0 Å². The van der Waals surface area contributed by atoms with E-state index < -0.39 is 20.2 Å². The van der Waals surface area contributed by atoms with Crippen LogP contribution in [0.1, 0.15) is 22.5 Å². The molecule has 0 spiro atoms. The Balaban J connectivity index is 0.000000202. The minimum atomic E-state index is -4.33. The summed E-state index contributed by atoms with van der Waals surface area (Å²) in [4.78, 5) is -0.494. The normalized spacial score (nSPS) is 11.0. The predicted molar refractivity (Wildman–Crippen MR) is 218 cm³/mol. The maximum absolute atomic E-state index is 10.4. The summed E-state index contributed by atoms with van der Waals surface area (Å²) in [5, 5.41) is 1.53. The molecular formula is C42H40Cl2N2O8S2. The van der Waals surface area contributed by atoms with Crippen LogP contribution in [-0.2, 0) is 34.3 Å². The lowest BCUT2D eigenvalue weighted by molar-refractivity contribution is -0.673. The summed E-state index contributed by atoms with van der Waals surface area (Å²) < 4.78 is 76.3. The number of pyridine rings is 2. The lowest BCUT2D eigenvalue weighted by Crippen LogP contribution is -2.30. The van der Waals surface area contributed by atoms with Gasteiger partial charge in [-0.2, -0.15) is 0 Å². The molecule has 0 unspecified atom stereocenters. The first-order chi connectivity index (χ1) is 26.6. The molecule has 292 valence electrons. The van der Waals surface area contributed by atoms with Gasteiger partial charge in [-0.25, -0.2) is 26.0 Å². The van der Waals surface area contributed by atoms with E-state index in [1.807, 2.05) is 99.3 Å². The van der Waals surface area contributed by atoms with Crippen molar-refractivity contribution in [1.82, 2.24) is 0 Å². The molecule has 14 heteroatoms. The molecule has 0 radical (unpaired) electrons. The lowest BCUT2D eigenvalue weighted by Gasteiger charge is -2.06. The van der Waals surface area contributed by atoms with E-state index in [1.54, 1.807) is 0 Å². The Bertz CT molecular complexity index is 2230. The molecule has 10 nitrogen and oxygen atoms in total. The molecule has 0 bridgehead atoms. The maximum Gasteiger partial charge on any atom is 0.204 e. The van der Waals surface area contributed by atoms with E-state index in [1.165, 1.54) is 62.8 Å². The van der Waals surface area contributed by atoms with Gasteiger partial charge in [-0.15, -0.1) is 0 Å². The molecule has 0 atom stereocenters. The summed E-state index contributed by atoms with van der Waals surface area (Å²) in [5.41, 5.74) is 4.62. The van der Waals surface area contributed by atoms with Gasteiger partial charge in [-0.05, 0) is 108 Å². The number of ether oxygens (including phenoxy) is 2. The van der Waals surface area contributed by atoms with Crippen LogP contribution in [0.5, 0.6) is 11.5 Å². The molecule has 0 aliphatic carbocycles. The monoisotopic (exact) mass is 834 g/mol. The van der Waals surface area contributed by atoms with Crippen molar-refractivity contribution in [3.63, 3.8) is 0 Å². The Morgan fingerprint density at radius 3 is 1.07 bits per heavy atom. The fraction of sp³-hybridized carbons (Fsp3) is 0.0952. The van der Waals surface area contributed by atoms with Crippen LogP contribution >= 0.6 is 23.2 Å². The molecule has 0 saturated carbocycles. The second kappa shape index (κ2) is 22.3. The molecule has 6 rings (SSSR count). The molecular weight excluding hydrogens is 796 g/mol. The third kappa shape index (κ3) is 16.2. The Labute approximate surface area is 338 Å². The van der Waals surface area contributed by atoms with Crippen LogP contribution in [-0.4, -0.2) is 40.2 Å². The number of aryl methyl sites for hydroxylation is 2.